The number of hydrogen-bond acceptors (Lipinski definition) is 9. The summed E-state index contributed by atoms with van der Waals surface area (Å²) in [6.07, 6.45) is -2.73. The normalized spacial score (nSPS) is 30.1. The van der Waals surface area contributed by atoms with E-state index in [1.54, 1.807) is 19.9 Å². The summed E-state index contributed by atoms with van der Waals surface area (Å²) in [5.74, 6) is -1.11. The van der Waals surface area contributed by atoms with Crippen LogP contribution in [-0.4, -0.2) is 97.3 Å². The van der Waals surface area contributed by atoms with Gasteiger partial charge < -0.3 is 45.2 Å². The van der Waals surface area contributed by atoms with Crippen LogP contribution in [0.1, 0.15) is 88.0 Å². The van der Waals surface area contributed by atoms with Crippen LogP contribution in [0.15, 0.2) is 23.3 Å². The SMILES string of the molecule is CCC(C)CC(C)CC(C)C(O[C@@H]1O[C@H](CO)[C@@H](O)[C@H](O)[C@@H]1O)C(C)/C=C(\C)C(O)C(C)/C=C(\C)C(O)C(C)CC(=O)O. The lowest BCUT2D eigenvalue weighted by Crippen LogP contribution is -2.60. The van der Waals surface area contributed by atoms with Gasteiger partial charge >= 0.3 is 5.97 Å². The molecule has 0 spiro atoms. The Labute approximate surface area is 258 Å². The average Bonchev–Trinajstić information content (AvgIpc) is 2.93. The zero-order valence-corrected chi connectivity index (χ0v) is 27.6. The van der Waals surface area contributed by atoms with Gasteiger partial charge in [0, 0.05) is 11.8 Å². The maximum absolute atomic E-state index is 11.2. The third kappa shape index (κ3) is 12.2. The van der Waals surface area contributed by atoms with E-state index < -0.39 is 67.5 Å². The van der Waals surface area contributed by atoms with Crippen molar-refractivity contribution in [3.05, 3.63) is 23.3 Å². The predicted molar refractivity (Wildman–Crippen MR) is 165 cm³/mol. The molecule has 0 aliphatic carbocycles. The Hall–Kier alpha value is -1.37. The van der Waals surface area contributed by atoms with Crippen molar-refractivity contribution in [1.82, 2.24) is 0 Å². The van der Waals surface area contributed by atoms with Gasteiger partial charge in [0.25, 0.3) is 0 Å². The Balaban J connectivity index is 3.21. The van der Waals surface area contributed by atoms with E-state index in [9.17, 15) is 35.4 Å². The molecule has 9 unspecified atom stereocenters. The van der Waals surface area contributed by atoms with Crippen molar-refractivity contribution in [3.8, 4) is 0 Å². The molecule has 14 atom stereocenters. The van der Waals surface area contributed by atoms with E-state index in [1.807, 2.05) is 26.8 Å². The summed E-state index contributed by atoms with van der Waals surface area (Å²) in [6.45, 7) is 17.1. The van der Waals surface area contributed by atoms with Gasteiger partial charge in [0.15, 0.2) is 6.29 Å². The van der Waals surface area contributed by atoms with Crippen LogP contribution in [0.25, 0.3) is 0 Å². The third-order valence-corrected chi connectivity index (χ3v) is 9.01. The monoisotopic (exact) mass is 616 g/mol. The highest BCUT2D eigenvalue weighted by atomic mass is 16.7. The number of rotatable bonds is 18. The Morgan fingerprint density at radius 3 is 1.91 bits per heavy atom. The first-order valence-electron chi connectivity index (χ1n) is 15.8. The summed E-state index contributed by atoms with van der Waals surface area (Å²) < 4.78 is 12.0. The number of carboxylic acid groups (broad SMARTS) is 1. The van der Waals surface area contributed by atoms with E-state index in [2.05, 4.69) is 27.7 Å². The van der Waals surface area contributed by atoms with Crippen molar-refractivity contribution >= 4 is 5.97 Å². The van der Waals surface area contributed by atoms with Gasteiger partial charge in [0.1, 0.15) is 24.4 Å². The van der Waals surface area contributed by atoms with Gasteiger partial charge in [0.05, 0.1) is 31.3 Å². The molecule has 0 bridgehead atoms. The Kier molecular flexibility index (Phi) is 17.1. The Bertz CT molecular complexity index is 889. The zero-order valence-electron chi connectivity index (χ0n) is 27.6. The molecule has 1 saturated heterocycles. The summed E-state index contributed by atoms with van der Waals surface area (Å²) in [6, 6.07) is 0. The zero-order chi connectivity index (χ0) is 33.2. The first-order chi connectivity index (χ1) is 19.9. The molecule has 10 nitrogen and oxygen atoms in total. The number of aliphatic hydroxyl groups excluding tert-OH is 6. The first-order valence-corrected chi connectivity index (χ1v) is 15.8. The second-order valence-electron chi connectivity index (χ2n) is 13.4. The molecule has 0 amide bonds. The van der Waals surface area contributed by atoms with Crippen LogP contribution in [0.2, 0.25) is 0 Å². The molecule has 0 aromatic heterocycles. The molecule has 1 aliphatic heterocycles. The van der Waals surface area contributed by atoms with Gasteiger partial charge in [-0.1, -0.05) is 67.0 Å². The molecule has 1 rings (SSSR count). The quantitative estimate of drug-likeness (QED) is 0.113. The summed E-state index contributed by atoms with van der Waals surface area (Å²) in [7, 11) is 0. The summed E-state index contributed by atoms with van der Waals surface area (Å²) >= 11 is 0. The lowest BCUT2D eigenvalue weighted by atomic mass is 9.82. The molecule has 0 radical (unpaired) electrons. The number of carbonyl (C=O) groups is 1. The van der Waals surface area contributed by atoms with Crippen LogP contribution in [0.5, 0.6) is 0 Å². The topological polar surface area (TPSA) is 177 Å². The largest absolute Gasteiger partial charge is 0.481 e. The van der Waals surface area contributed by atoms with Crippen molar-refractivity contribution < 1.29 is 50.0 Å². The van der Waals surface area contributed by atoms with E-state index in [1.165, 1.54) is 0 Å². The van der Waals surface area contributed by atoms with Gasteiger partial charge in [-0.05, 0) is 61.5 Å². The third-order valence-electron chi connectivity index (χ3n) is 9.01. The van der Waals surface area contributed by atoms with Crippen LogP contribution in [0.4, 0.5) is 0 Å². The predicted octanol–water partition coefficient (Wildman–Crippen LogP) is 3.27. The fourth-order valence-electron chi connectivity index (χ4n) is 6.29. The Morgan fingerprint density at radius 2 is 1.37 bits per heavy atom. The second kappa shape index (κ2) is 18.6. The van der Waals surface area contributed by atoms with Crippen LogP contribution in [0, 0.1) is 35.5 Å². The van der Waals surface area contributed by atoms with Crippen molar-refractivity contribution in [1.29, 1.82) is 0 Å². The molecule has 1 aliphatic rings. The van der Waals surface area contributed by atoms with E-state index >= 15 is 0 Å². The van der Waals surface area contributed by atoms with Gasteiger partial charge in [-0.3, -0.25) is 4.79 Å². The molecular weight excluding hydrogens is 556 g/mol. The highest BCUT2D eigenvalue weighted by molar-refractivity contribution is 5.67. The maximum atomic E-state index is 11.2. The molecular formula is C33H60O10. The minimum absolute atomic E-state index is 0.00643. The molecule has 252 valence electrons. The van der Waals surface area contributed by atoms with E-state index in [0.29, 0.717) is 23.0 Å². The smallest absolute Gasteiger partial charge is 0.303 e. The second-order valence-corrected chi connectivity index (χ2v) is 13.4. The van der Waals surface area contributed by atoms with Crippen LogP contribution >= 0.6 is 0 Å². The van der Waals surface area contributed by atoms with Gasteiger partial charge in [-0.25, -0.2) is 0 Å². The van der Waals surface area contributed by atoms with Crippen molar-refractivity contribution in [2.24, 2.45) is 35.5 Å². The average molecular weight is 617 g/mol. The molecule has 1 heterocycles. The minimum Gasteiger partial charge on any atom is -0.481 e. The molecule has 0 aromatic rings. The van der Waals surface area contributed by atoms with Crippen molar-refractivity contribution in [3.63, 3.8) is 0 Å². The van der Waals surface area contributed by atoms with Gasteiger partial charge in [0.2, 0.25) is 0 Å². The Morgan fingerprint density at radius 1 is 0.814 bits per heavy atom. The van der Waals surface area contributed by atoms with Crippen LogP contribution in [-0.2, 0) is 14.3 Å². The molecule has 0 aromatic carbocycles. The molecule has 7 N–H and O–H groups in total. The number of aliphatic hydroxyl groups is 6. The highest BCUT2D eigenvalue weighted by Crippen LogP contribution is 2.33. The number of ether oxygens (including phenoxy) is 2. The molecule has 10 heteroatoms. The summed E-state index contributed by atoms with van der Waals surface area (Å²) in [5.41, 5.74) is 1.27. The standard InChI is InChI=1S/C33H60O10/c1-10-17(2)11-18(3)12-23(8)32(43-33-31(41)30(40)29(39)25(16-34)42-33)24(9)14-21(6)27(37)19(4)13-20(5)28(38)22(7)15-26(35)36/h13-14,17-19,22-25,27-34,37-41H,10-12,15-16H2,1-9H3,(H,35,36)/b20-13+,21-14+/t17?,18?,19?,22?,23?,24?,25-,27?,28?,29-,30+,31+,32?,33+/m1/s1. The minimum atomic E-state index is -1.55. The molecule has 43 heavy (non-hydrogen) atoms. The van der Waals surface area contributed by atoms with Gasteiger partial charge in [-0.2, -0.15) is 0 Å². The van der Waals surface area contributed by atoms with Gasteiger partial charge in [-0.15, -0.1) is 0 Å². The number of aliphatic carboxylic acids is 1. The van der Waals surface area contributed by atoms with E-state index in [-0.39, 0.29) is 24.2 Å². The number of carboxylic acids is 1. The fraction of sp³-hybridized carbons (Fsp3) is 0.848. The van der Waals surface area contributed by atoms with Crippen molar-refractivity contribution in [2.45, 2.75) is 137 Å². The van der Waals surface area contributed by atoms with Crippen LogP contribution in [0.3, 0.4) is 0 Å². The summed E-state index contributed by atoms with van der Waals surface area (Å²) in [4.78, 5) is 11.0. The lowest BCUT2D eigenvalue weighted by Gasteiger charge is -2.42. The van der Waals surface area contributed by atoms with E-state index in [4.69, 9.17) is 14.6 Å². The van der Waals surface area contributed by atoms with Crippen molar-refractivity contribution in [2.75, 3.05) is 6.61 Å². The summed E-state index contributed by atoms with van der Waals surface area (Å²) in [5, 5.41) is 71.6. The fourth-order valence-corrected chi connectivity index (χ4v) is 6.29. The molecule has 0 saturated carbocycles. The number of hydrogen-bond donors (Lipinski definition) is 7. The molecule has 1 fully saturated rings. The maximum Gasteiger partial charge on any atom is 0.303 e. The van der Waals surface area contributed by atoms with E-state index in [0.717, 1.165) is 19.3 Å². The lowest BCUT2D eigenvalue weighted by molar-refractivity contribution is -0.317. The first kappa shape index (κ1) is 39.7. The van der Waals surface area contributed by atoms with Crippen LogP contribution < -0.4 is 0 Å². The highest BCUT2D eigenvalue weighted by Gasteiger charge is 2.45.